The number of rotatable bonds is 12. The zero-order chi connectivity index (χ0) is 23.3. The Morgan fingerprint density at radius 2 is 1.47 bits per heavy atom. The molecule has 7 heteroatoms. The summed E-state index contributed by atoms with van der Waals surface area (Å²) in [5.74, 6) is 0.0316. The van der Waals surface area contributed by atoms with E-state index in [-0.39, 0.29) is 24.2 Å². The molecule has 2 unspecified atom stereocenters. The van der Waals surface area contributed by atoms with Gasteiger partial charge in [-0.15, -0.1) is 0 Å². The molecule has 0 saturated carbocycles. The van der Waals surface area contributed by atoms with E-state index < -0.39 is 18.2 Å². The van der Waals surface area contributed by atoms with E-state index in [1.807, 2.05) is 80.8 Å². The maximum absolute atomic E-state index is 13.1. The first-order valence-electron chi connectivity index (χ1n) is 10.7. The summed E-state index contributed by atoms with van der Waals surface area (Å²) in [4.78, 5) is 38.1. The number of Topliss-reactive ketones (excluding diaryl/α,β-unsaturated/α-hetero) is 1. The predicted octanol–water partition coefficient (Wildman–Crippen LogP) is 3.99. The third-order valence-electron chi connectivity index (χ3n) is 4.80. The summed E-state index contributed by atoms with van der Waals surface area (Å²) in [6.07, 6.45) is 2.02. The summed E-state index contributed by atoms with van der Waals surface area (Å²) in [5.41, 5.74) is 1.82. The molecule has 2 amide bonds. The molecule has 2 aromatic rings. The molecule has 0 spiro atoms. The second-order valence-corrected chi connectivity index (χ2v) is 8.90. The van der Waals surface area contributed by atoms with E-state index in [1.165, 1.54) is 11.8 Å². The van der Waals surface area contributed by atoms with Crippen molar-refractivity contribution in [2.75, 3.05) is 12.0 Å². The highest BCUT2D eigenvalue weighted by Gasteiger charge is 2.27. The lowest BCUT2D eigenvalue weighted by Gasteiger charge is -2.24. The number of alkyl carbamates (subject to hydrolysis) is 1. The van der Waals surface area contributed by atoms with Gasteiger partial charge in [0.25, 0.3) is 0 Å². The van der Waals surface area contributed by atoms with Crippen LogP contribution in [0.25, 0.3) is 0 Å². The van der Waals surface area contributed by atoms with Crippen LogP contribution in [0.2, 0.25) is 0 Å². The van der Waals surface area contributed by atoms with Gasteiger partial charge in [0, 0.05) is 0 Å². The Bertz CT molecular complexity index is 859. The second kappa shape index (κ2) is 13.6. The van der Waals surface area contributed by atoms with Gasteiger partial charge in [0.15, 0.2) is 5.78 Å². The van der Waals surface area contributed by atoms with Crippen molar-refractivity contribution in [1.29, 1.82) is 0 Å². The highest BCUT2D eigenvalue weighted by Crippen LogP contribution is 2.10. The summed E-state index contributed by atoms with van der Waals surface area (Å²) < 4.78 is 5.28. The number of hydrogen-bond acceptors (Lipinski definition) is 5. The summed E-state index contributed by atoms with van der Waals surface area (Å²) in [6.45, 7) is 4.06. The van der Waals surface area contributed by atoms with Crippen LogP contribution in [0.4, 0.5) is 4.79 Å². The van der Waals surface area contributed by atoms with Gasteiger partial charge in [-0.2, -0.15) is 11.8 Å². The van der Waals surface area contributed by atoms with Gasteiger partial charge in [0.1, 0.15) is 12.6 Å². The topological polar surface area (TPSA) is 84.5 Å². The average molecular weight is 457 g/mol. The van der Waals surface area contributed by atoms with Crippen molar-refractivity contribution in [3.8, 4) is 0 Å². The molecule has 0 aromatic heterocycles. The molecule has 172 valence electrons. The fourth-order valence-corrected chi connectivity index (χ4v) is 3.71. The molecule has 0 saturated heterocycles. The summed E-state index contributed by atoms with van der Waals surface area (Å²) in [6, 6.07) is 17.4. The van der Waals surface area contributed by atoms with Gasteiger partial charge in [-0.05, 0) is 36.1 Å². The molecule has 0 aliphatic heterocycles. The number of carbonyl (C=O) groups excluding carboxylic acids is 3. The van der Waals surface area contributed by atoms with Crippen molar-refractivity contribution in [2.45, 2.75) is 45.4 Å². The molecule has 0 fully saturated rings. The molecule has 2 N–H and O–H groups in total. The molecule has 2 aromatic carbocycles. The number of benzene rings is 2. The monoisotopic (exact) mass is 456 g/mol. The van der Waals surface area contributed by atoms with Crippen LogP contribution in [0.5, 0.6) is 0 Å². The molecule has 32 heavy (non-hydrogen) atoms. The molecule has 6 nitrogen and oxygen atoms in total. The number of amides is 2. The zero-order valence-electron chi connectivity index (χ0n) is 18.9. The minimum atomic E-state index is -0.793. The van der Waals surface area contributed by atoms with Crippen molar-refractivity contribution in [2.24, 2.45) is 5.92 Å². The SMILES string of the molecule is CSCC(=O)C(Cc1ccccc1)NC(=O)C(CC(C)C)NC(=O)OCc1ccccc1. The molecule has 0 aliphatic carbocycles. The van der Waals surface area contributed by atoms with Gasteiger partial charge in [-0.25, -0.2) is 4.79 Å². The standard InChI is InChI=1S/C25H32N2O4S/c1-18(2)14-22(27-25(30)31-16-20-12-8-5-9-13-20)24(29)26-21(23(28)17-32-3)15-19-10-6-4-7-11-19/h4-13,18,21-22H,14-17H2,1-3H3,(H,26,29)(H,27,30). The van der Waals surface area contributed by atoms with E-state index in [2.05, 4.69) is 10.6 Å². The van der Waals surface area contributed by atoms with E-state index >= 15 is 0 Å². The highest BCUT2D eigenvalue weighted by atomic mass is 32.2. The van der Waals surface area contributed by atoms with Crippen molar-refractivity contribution in [3.63, 3.8) is 0 Å². The first kappa shape index (κ1) is 25.5. The minimum Gasteiger partial charge on any atom is -0.445 e. The number of hydrogen-bond donors (Lipinski definition) is 2. The lowest BCUT2D eigenvalue weighted by atomic mass is 10.00. The third-order valence-corrected chi connectivity index (χ3v) is 5.38. The Balaban J connectivity index is 2.03. The van der Waals surface area contributed by atoms with Crippen molar-refractivity contribution in [1.82, 2.24) is 10.6 Å². The summed E-state index contributed by atoms with van der Waals surface area (Å²) in [5, 5.41) is 5.53. The van der Waals surface area contributed by atoms with Gasteiger partial charge in [-0.3, -0.25) is 9.59 Å². The smallest absolute Gasteiger partial charge is 0.408 e. The normalized spacial score (nSPS) is 12.6. The van der Waals surface area contributed by atoms with Crippen molar-refractivity contribution in [3.05, 3.63) is 71.8 Å². The van der Waals surface area contributed by atoms with E-state index in [1.54, 1.807) is 0 Å². The molecular formula is C25H32N2O4S. The van der Waals surface area contributed by atoms with Gasteiger partial charge in [0.05, 0.1) is 11.8 Å². The summed E-state index contributed by atoms with van der Waals surface area (Å²) in [7, 11) is 0. The molecule has 0 radical (unpaired) electrons. The van der Waals surface area contributed by atoms with Gasteiger partial charge in [-0.1, -0.05) is 74.5 Å². The number of nitrogens with one attached hydrogen (secondary N) is 2. The van der Waals surface area contributed by atoms with E-state index in [9.17, 15) is 14.4 Å². The first-order valence-corrected chi connectivity index (χ1v) is 12.1. The minimum absolute atomic E-state index is 0.0512. The van der Waals surface area contributed by atoms with E-state index in [4.69, 9.17) is 4.74 Å². The van der Waals surface area contributed by atoms with Gasteiger partial charge in [0.2, 0.25) is 5.91 Å². The molecule has 0 heterocycles. The zero-order valence-corrected chi connectivity index (χ0v) is 19.7. The maximum Gasteiger partial charge on any atom is 0.408 e. The highest BCUT2D eigenvalue weighted by molar-refractivity contribution is 7.99. The van der Waals surface area contributed by atoms with E-state index in [0.29, 0.717) is 18.6 Å². The average Bonchev–Trinajstić information content (AvgIpc) is 2.78. The second-order valence-electron chi connectivity index (χ2n) is 8.04. The Morgan fingerprint density at radius 3 is 2.03 bits per heavy atom. The molecule has 2 rings (SSSR count). The Morgan fingerprint density at radius 1 is 0.875 bits per heavy atom. The number of carbonyl (C=O) groups is 3. The summed E-state index contributed by atoms with van der Waals surface area (Å²) >= 11 is 1.42. The van der Waals surface area contributed by atoms with Crippen molar-refractivity contribution < 1.29 is 19.1 Å². The van der Waals surface area contributed by atoms with Gasteiger partial charge >= 0.3 is 6.09 Å². The Hall–Kier alpha value is -2.80. The number of ether oxygens (including phenoxy) is 1. The lowest BCUT2D eigenvalue weighted by Crippen LogP contribution is -2.53. The van der Waals surface area contributed by atoms with Crippen molar-refractivity contribution >= 4 is 29.5 Å². The van der Waals surface area contributed by atoms with Crippen LogP contribution in [-0.2, 0) is 27.4 Å². The van der Waals surface area contributed by atoms with Crippen LogP contribution in [0.1, 0.15) is 31.4 Å². The van der Waals surface area contributed by atoms with Crippen LogP contribution < -0.4 is 10.6 Å². The Labute approximate surface area is 194 Å². The molecule has 2 atom stereocenters. The van der Waals surface area contributed by atoms with Crippen LogP contribution in [0.15, 0.2) is 60.7 Å². The lowest BCUT2D eigenvalue weighted by molar-refractivity contribution is -0.128. The van der Waals surface area contributed by atoms with Crippen LogP contribution in [0.3, 0.4) is 0 Å². The molecular weight excluding hydrogens is 424 g/mol. The number of ketones is 1. The van der Waals surface area contributed by atoms with Crippen LogP contribution in [0, 0.1) is 5.92 Å². The fraction of sp³-hybridized carbons (Fsp3) is 0.400. The third kappa shape index (κ3) is 9.14. The van der Waals surface area contributed by atoms with Crippen LogP contribution >= 0.6 is 11.8 Å². The predicted molar refractivity (Wildman–Crippen MR) is 128 cm³/mol. The van der Waals surface area contributed by atoms with Crippen LogP contribution in [-0.4, -0.2) is 41.9 Å². The number of thioether (sulfide) groups is 1. The fourth-order valence-electron chi connectivity index (χ4n) is 3.22. The maximum atomic E-state index is 13.1. The van der Waals surface area contributed by atoms with E-state index in [0.717, 1.165) is 11.1 Å². The largest absolute Gasteiger partial charge is 0.445 e. The van der Waals surface area contributed by atoms with Gasteiger partial charge < -0.3 is 15.4 Å². The first-order chi connectivity index (χ1) is 15.4. The molecule has 0 aliphatic rings. The Kier molecular flexibility index (Phi) is 10.8. The quantitative estimate of drug-likeness (QED) is 0.505. The molecule has 0 bridgehead atoms.